The summed E-state index contributed by atoms with van der Waals surface area (Å²) in [5.74, 6) is 1.02. The van der Waals surface area contributed by atoms with Gasteiger partial charge in [0.25, 0.3) is 5.91 Å². The van der Waals surface area contributed by atoms with Crippen LogP contribution in [0.5, 0.6) is 11.5 Å². The van der Waals surface area contributed by atoms with Gasteiger partial charge in [-0.1, -0.05) is 36.0 Å². The Morgan fingerprint density at radius 2 is 1.38 bits per heavy atom. The number of anilines is 2. The van der Waals surface area contributed by atoms with Crippen molar-refractivity contribution in [3.63, 3.8) is 0 Å². The zero-order valence-electron chi connectivity index (χ0n) is 14.4. The largest absolute Gasteiger partial charge is 0.493 e. The molecule has 0 spiro atoms. The molecule has 0 unspecified atom stereocenters. The van der Waals surface area contributed by atoms with Gasteiger partial charge >= 0.3 is 0 Å². The van der Waals surface area contributed by atoms with Crippen LogP contribution in [0.15, 0.2) is 76.5 Å². The van der Waals surface area contributed by atoms with Crippen LogP contribution in [0.25, 0.3) is 0 Å². The number of ether oxygens (including phenoxy) is 2. The maximum absolute atomic E-state index is 13.4. The fraction of sp³-hybridized carbons (Fsp3) is 0.0952. The Balaban J connectivity index is 1.84. The Hall–Kier alpha value is -2.92. The van der Waals surface area contributed by atoms with Gasteiger partial charge in [0.05, 0.1) is 25.6 Å². The molecule has 3 aromatic rings. The summed E-state index contributed by atoms with van der Waals surface area (Å²) in [7, 11) is 3.14. The van der Waals surface area contributed by atoms with E-state index in [1.54, 1.807) is 49.1 Å². The predicted molar refractivity (Wildman–Crippen MR) is 103 cm³/mol. The molecule has 0 aliphatic carbocycles. The van der Waals surface area contributed by atoms with Crippen molar-refractivity contribution in [2.24, 2.45) is 0 Å². The molecule has 0 bridgehead atoms. The number of amides is 1. The minimum Gasteiger partial charge on any atom is -0.493 e. The second-order valence-electron chi connectivity index (χ2n) is 5.75. The molecule has 4 rings (SSSR count). The average molecular weight is 363 g/mol. The van der Waals surface area contributed by atoms with Crippen molar-refractivity contribution >= 4 is 29.0 Å². The van der Waals surface area contributed by atoms with Crippen molar-refractivity contribution in [1.29, 1.82) is 0 Å². The van der Waals surface area contributed by atoms with Gasteiger partial charge in [-0.05, 0) is 42.5 Å². The van der Waals surface area contributed by atoms with E-state index in [2.05, 4.69) is 0 Å². The Morgan fingerprint density at radius 1 is 0.808 bits per heavy atom. The van der Waals surface area contributed by atoms with Gasteiger partial charge in [-0.15, -0.1) is 0 Å². The number of methoxy groups -OCH3 is 2. The molecule has 3 aromatic carbocycles. The van der Waals surface area contributed by atoms with E-state index in [1.165, 1.54) is 0 Å². The fourth-order valence-corrected chi connectivity index (χ4v) is 4.08. The van der Waals surface area contributed by atoms with Gasteiger partial charge in [0, 0.05) is 15.4 Å². The molecule has 1 aliphatic rings. The normalized spacial score (nSPS) is 12.2. The van der Waals surface area contributed by atoms with Gasteiger partial charge in [0.1, 0.15) is 0 Å². The lowest BCUT2D eigenvalue weighted by Gasteiger charge is -2.31. The first kappa shape index (κ1) is 16.5. The SMILES string of the molecule is COc1ccc(C(=O)N2c3ccccc3Sc3ccccc32)cc1OC. The summed E-state index contributed by atoms with van der Waals surface area (Å²) in [5, 5.41) is 0. The summed E-state index contributed by atoms with van der Waals surface area (Å²) in [6, 6.07) is 21.1. The molecule has 5 heteroatoms. The van der Waals surface area contributed by atoms with Crippen molar-refractivity contribution in [3.05, 3.63) is 72.3 Å². The van der Waals surface area contributed by atoms with E-state index < -0.39 is 0 Å². The van der Waals surface area contributed by atoms with Crippen LogP contribution in [-0.2, 0) is 0 Å². The van der Waals surface area contributed by atoms with E-state index in [0.717, 1.165) is 21.2 Å². The van der Waals surface area contributed by atoms with Crippen molar-refractivity contribution < 1.29 is 14.3 Å². The van der Waals surface area contributed by atoms with Crippen LogP contribution < -0.4 is 14.4 Å². The van der Waals surface area contributed by atoms with Gasteiger partial charge in [0.15, 0.2) is 11.5 Å². The highest BCUT2D eigenvalue weighted by atomic mass is 32.2. The molecule has 0 fully saturated rings. The Labute approximate surface area is 156 Å². The van der Waals surface area contributed by atoms with Crippen molar-refractivity contribution in [3.8, 4) is 11.5 Å². The molecule has 0 saturated carbocycles. The Kier molecular flexibility index (Phi) is 4.31. The molecule has 0 atom stereocenters. The molecule has 0 aromatic heterocycles. The second-order valence-corrected chi connectivity index (χ2v) is 6.83. The first-order valence-corrected chi connectivity index (χ1v) is 8.97. The third kappa shape index (κ3) is 2.70. The average Bonchev–Trinajstić information content (AvgIpc) is 2.70. The third-order valence-corrected chi connectivity index (χ3v) is 5.40. The molecule has 1 heterocycles. The van der Waals surface area contributed by atoms with Crippen LogP contribution in [0, 0.1) is 0 Å². The monoisotopic (exact) mass is 363 g/mol. The van der Waals surface area contributed by atoms with Crippen LogP contribution in [0.3, 0.4) is 0 Å². The second kappa shape index (κ2) is 6.77. The van der Waals surface area contributed by atoms with Crippen molar-refractivity contribution in [1.82, 2.24) is 0 Å². The number of benzene rings is 3. The maximum Gasteiger partial charge on any atom is 0.263 e. The minimum absolute atomic E-state index is 0.105. The third-order valence-electron chi connectivity index (χ3n) is 4.27. The number of carbonyl (C=O) groups is 1. The van der Waals surface area contributed by atoms with E-state index in [-0.39, 0.29) is 5.91 Å². The fourth-order valence-electron chi connectivity index (χ4n) is 3.02. The quantitative estimate of drug-likeness (QED) is 0.645. The lowest BCUT2D eigenvalue weighted by molar-refractivity contribution is 0.0998. The smallest absolute Gasteiger partial charge is 0.263 e. The molecule has 0 radical (unpaired) electrons. The number of para-hydroxylation sites is 2. The first-order valence-electron chi connectivity index (χ1n) is 8.15. The molecular weight excluding hydrogens is 346 g/mol. The van der Waals surface area contributed by atoms with Gasteiger partial charge in [-0.25, -0.2) is 0 Å². The van der Waals surface area contributed by atoms with Crippen molar-refractivity contribution in [2.75, 3.05) is 19.1 Å². The minimum atomic E-state index is -0.105. The van der Waals surface area contributed by atoms with E-state index in [1.807, 2.05) is 48.5 Å². The highest BCUT2D eigenvalue weighted by Gasteiger charge is 2.29. The molecule has 1 aliphatic heterocycles. The van der Waals surface area contributed by atoms with Crippen LogP contribution in [-0.4, -0.2) is 20.1 Å². The zero-order valence-corrected chi connectivity index (χ0v) is 15.2. The molecule has 0 N–H and O–H groups in total. The molecule has 1 amide bonds. The summed E-state index contributed by atoms with van der Waals surface area (Å²) in [4.78, 5) is 17.3. The van der Waals surface area contributed by atoms with Gasteiger partial charge in [-0.3, -0.25) is 9.69 Å². The highest BCUT2D eigenvalue weighted by molar-refractivity contribution is 7.99. The summed E-state index contributed by atoms with van der Waals surface area (Å²) < 4.78 is 10.6. The van der Waals surface area contributed by atoms with Gasteiger partial charge < -0.3 is 9.47 Å². The molecule has 4 nitrogen and oxygen atoms in total. The topological polar surface area (TPSA) is 38.8 Å². The van der Waals surface area contributed by atoms with Crippen LogP contribution >= 0.6 is 11.8 Å². The number of nitrogens with zero attached hydrogens (tertiary/aromatic N) is 1. The predicted octanol–water partition coefficient (Wildman–Crippen LogP) is 5.15. The number of carbonyl (C=O) groups excluding carboxylic acids is 1. The highest BCUT2D eigenvalue weighted by Crippen LogP contribution is 2.48. The molecule has 130 valence electrons. The number of hydrogen-bond donors (Lipinski definition) is 0. The zero-order chi connectivity index (χ0) is 18.1. The van der Waals surface area contributed by atoms with Crippen molar-refractivity contribution in [2.45, 2.75) is 9.79 Å². The van der Waals surface area contributed by atoms with Gasteiger partial charge in [-0.2, -0.15) is 0 Å². The molecular formula is C21H17NO3S. The summed E-state index contributed by atoms with van der Waals surface area (Å²) in [5.41, 5.74) is 2.31. The summed E-state index contributed by atoms with van der Waals surface area (Å²) in [6.45, 7) is 0. The molecule has 26 heavy (non-hydrogen) atoms. The van der Waals surface area contributed by atoms with E-state index in [4.69, 9.17) is 9.47 Å². The maximum atomic E-state index is 13.4. The number of fused-ring (bicyclic) bond motifs is 2. The Bertz CT molecular complexity index is 941. The summed E-state index contributed by atoms with van der Waals surface area (Å²) >= 11 is 1.67. The standard InChI is InChI=1S/C21H17NO3S/c1-24-17-12-11-14(13-18(17)25-2)21(23)22-15-7-3-5-9-19(15)26-20-10-6-4-8-16(20)22/h3-13H,1-2H3. The van der Waals surface area contributed by atoms with Gasteiger partial charge in [0.2, 0.25) is 0 Å². The van der Waals surface area contributed by atoms with E-state index in [9.17, 15) is 4.79 Å². The number of hydrogen-bond acceptors (Lipinski definition) is 4. The Morgan fingerprint density at radius 3 is 1.96 bits per heavy atom. The van der Waals surface area contributed by atoms with Crippen LogP contribution in [0.2, 0.25) is 0 Å². The lowest BCUT2D eigenvalue weighted by atomic mass is 10.1. The number of rotatable bonds is 3. The van der Waals surface area contributed by atoms with Crippen LogP contribution in [0.1, 0.15) is 10.4 Å². The van der Waals surface area contributed by atoms with E-state index in [0.29, 0.717) is 17.1 Å². The molecule has 0 saturated heterocycles. The lowest BCUT2D eigenvalue weighted by Crippen LogP contribution is -2.28. The van der Waals surface area contributed by atoms with Crippen LogP contribution in [0.4, 0.5) is 11.4 Å². The van der Waals surface area contributed by atoms with E-state index >= 15 is 0 Å². The first-order chi connectivity index (χ1) is 12.7. The summed E-state index contributed by atoms with van der Waals surface area (Å²) in [6.07, 6.45) is 0.